The molecule has 1 aromatic heterocycles. The minimum absolute atomic E-state index is 0.121. The summed E-state index contributed by atoms with van der Waals surface area (Å²) in [5.74, 6) is -0.978. The highest BCUT2D eigenvalue weighted by atomic mass is 16.4. The van der Waals surface area contributed by atoms with Gasteiger partial charge in [0, 0.05) is 5.69 Å². The zero-order valence-corrected chi connectivity index (χ0v) is 10.9. The van der Waals surface area contributed by atoms with Gasteiger partial charge in [0.25, 0.3) is 0 Å². The quantitative estimate of drug-likeness (QED) is 0.741. The largest absolute Gasteiger partial charge is 0.420 e. The second-order valence-electron chi connectivity index (χ2n) is 4.86. The van der Waals surface area contributed by atoms with Crippen molar-refractivity contribution < 1.29 is 9.21 Å². The summed E-state index contributed by atoms with van der Waals surface area (Å²) < 4.78 is 5.27. The van der Waals surface area contributed by atoms with Crippen LogP contribution in [0.3, 0.4) is 0 Å². The van der Waals surface area contributed by atoms with Gasteiger partial charge in [-0.05, 0) is 23.8 Å². The van der Waals surface area contributed by atoms with E-state index in [1.165, 1.54) is 0 Å². The maximum atomic E-state index is 12.2. The number of fused-ring (bicyclic) bond motifs is 2. The summed E-state index contributed by atoms with van der Waals surface area (Å²) in [6.07, 6.45) is 0. The van der Waals surface area contributed by atoms with Crippen molar-refractivity contribution in [3.05, 3.63) is 70.2 Å². The number of hydrogen-bond donors (Lipinski definition) is 1. The standard InChI is InChI=1S/C16H10N2O3/c19-15-13(9-5-1-2-6-10(9)18-15)14-16(20)21-12-8-4-3-7-11(12)17-14/h1-8,13H,(H,18,19). The number of para-hydroxylation sites is 3. The van der Waals surface area contributed by atoms with Crippen molar-refractivity contribution in [1.29, 1.82) is 0 Å². The first kappa shape index (κ1) is 11.8. The van der Waals surface area contributed by atoms with Crippen LogP contribution in [-0.4, -0.2) is 10.9 Å². The highest BCUT2D eigenvalue weighted by Gasteiger charge is 2.35. The van der Waals surface area contributed by atoms with Gasteiger partial charge < -0.3 is 9.73 Å². The van der Waals surface area contributed by atoms with E-state index in [2.05, 4.69) is 10.3 Å². The molecule has 1 N–H and O–H groups in total. The van der Waals surface area contributed by atoms with Crippen LogP contribution in [-0.2, 0) is 4.79 Å². The molecule has 0 spiro atoms. The van der Waals surface area contributed by atoms with Crippen molar-refractivity contribution in [3.63, 3.8) is 0 Å². The molecule has 3 aromatic rings. The van der Waals surface area contributed by atoms with Gasteiger partial charge in [-0.1, -0.05) is 30.3 Å². The Morgan fingerprint density at radius 2 is 1.76 bits per heavy atom. The smallest absolute Gasteiger partial charge is 0.359 e. The van der Waals surface area contributed by atoms with Crippen LogP contribution in [0.1, 0.15) is 17.2 Å². The van der Waals surface area contributed by atoms with E-state index in [0.717, 1.165) is 5.56 Å². The number of rotatable bonds is 1. The first-order valence-electron chi connectivity index (χ1n) is 6.53. The number of benzene rings is 2. The maximum Gasteiger partial charge on any atom is 0.359 e. The third kappa shape index (κ3) is 1.74. The molecule has 1 aliphatic rings. The van der Waals surface area contributed by atoms with Crippen molar-refractivity contribution >= 4 is 22.7 Å². The van der Waals surface area contributed by atoms with Gasteiger partial charge in [-0.3, -0.25) is 4.79 Å². The van der Waals surface area contributed by atoms with Crippen LogP contribution in [0, 0.1) is 0 Å². The van der Waals surface area contributed by atoms with Gasteiger partial charge in [0.15, 0.2) is 5.58 Å². The molecule has 0 saturated carbocycles. The van der Waals surface area contributed by atoms with E-state index in [1.807, 2.05) is 24.3 Å². The molecule has 1 amide bonds. The summed E-state index contributed by atoms with van der Waals surface area (Å²) in [7, 11) is 0. The molecule has 0 fully saturated rings. The van der Waals surface area contributed by atoms with Crippen LogP contribution >= 0.6 is 0 Å². The molecule has 102 valence electrons. The van der Waals surface area contributed by atoms with Crippen LogP contribution in [0.2, 0.25) is 0 Å². The van der Waals surface area contributed by atoms with E-state index in [1.54, 1.807) is 24.3 Å². The fraction of sp³-hybridized carbons (Fsp3) is 0.0625. The number of amides is 1. The normalized spacial score (nSPS) is 16.8. The summed E-state index contributed by atoms with van der Waals surface area (Å²) >= 11 is 0. The van der Waals surface area contributed by atoms with Gasteiger partial charge >= 0.3 is 5.63 Å². The third-order valence-electron chi connectivity index (χ3n) is 3.58. The molecular weight excluding hydrogens is 268 g/mol. The van der Waals surface area contributed by atoms with Gasteiger partial charge in [0.2, 0.25) is 5.91 Å². The van der Waals surface area contributed by atoms with E-state index in [4.69, 9.17) is 4.42 Å². The summed E-state index contributed by atoms with van der Waals surface area (Å²) in [5, 5.41) is 2.76. The first-order valence-corrected chi connectivity index (χ1v) is 6.53. The molecule has 5 heteroatoms. The lowest BCUT2D eigenvalue weighted by Gasteiger charge is -2.07. The van der Waals surface area contributed by atoms with Gasteiger partial charge in [-0.15, -0.1) is 0 Å². The second-order valence-corrected chi connectivity index (χ2v) is 4.86. The van der Waals surface area contributed by atoms with E-state index >= 15 is 0 Å². The topological polar surface area (TPSA) is 72.2 Å². The number of aromatic nitrogens is 1. The highest BCUT2D eigenvalue weighted by Crippen LogP contribution is 2.35. The molecule has 1 unspecified atom stereocenters. The number of nitrogens with zero attached hydrogens (tertiary/aromatic N) is 1. The molecule has 0 saturated heterocycles. The average molecular weight is 278 g/mol. The molecular formula is C16H10N2O3. The van der Waals surface area contributed by atoms with Gasteiger partial charge in [-0.25, -0.2) is 9.78 Å². The summed E-state index contributed by atoms with van der Waals surface area (Å²) in [5.41, 5.74) is 1.98. The number of carbonyl (C=O) groups is 1. The molecule has 0 aliphatic carbocycles. The average Bonchev–Trinajstić information content (AvgIpc) is 2.82. The lowest BCUT2D eigenvalue weighted by molar-refractivity contribution is -0.116. The fourth-order valence-electron chi connectivity index (χ4n) is 2.63. The Hall–Kier alpha value is -2.95. The van der Waals surface area contributed by atoms with E-state index < -0.39 is 11.5 Å². The predicted octanol–water partition coefficient (Wildman–Crippen LogP) is 2.27. The maximum absolute atomic E-state index is 12.2. The minimum Gasteiger partial charge on any atom is -0.420 e. The molecule has 1 aliphatic heterocycles. The summed E-state index contributed by atoms with van der Waals surface area (Å²) in [6, 6.07) is 14.3. The van der Waals surface area contributed by atoms with Gasteiger partial charge in [0.1, 0.15) is 17.1 Å². The van der Waals surface area contributed by atoms with Crippen molar-refractivity contribution in [3.8, 4) is 0 Å². The monoisotopic (exact) mass is 278 g/mol. The van der Waals surface area contributed by atoms with E-state index in [-0.39, 0.29) is 11.6 Å². The number of nitrogens with one attached hydrogen (secondary N) is 1. The summed E-state index contributed by atoms with van der Waals surface area (Å²) in [4.78, 5) is 28.7. The van der Waals surface area contributed by atoms with Crippen molar-refractivity contribution in [2.24, 2.45) is 0 Å². The molecule has 21 heavy (non-hydrogen) atoms. The Labute approximate surface area is 119 Å². The van der Waals surface area contributed by atoms with Crippen LogP contribution in [0.4, 0.5) is 5.69 Å². The van der Waals surface area contributed by atoms with Crippen LogP contribution < -0.4 is 10.9 Å². The van der Waals surface area contributed by atoms with Crippen LogP contribution in [0.25, 0.3) is 11.1 Å². The molecule has 2 aromatic carbocycles. The Morgan fingerprint density at radius 3 is 2.67 bits per heavy atom. The Balaban J connectivity index is 1.96. The molecule has 0 bridgehead atoms. The van der Waals surface area contributed by atoms with Crippen molar-refractivity contribution in [2.45, 2.75) is 5.92 Å². The van der Waals surface area contributed by atoms with Crippen molar-refractivity contribution in [1.82, 2.24) is 4.98 Å². The molecule has 5 nitrogen and oxygen atoms in total. The van der Waals surface area contributed by atoms with Crippen molar-refractivity contribution in [2.75, 3.05) is 5.32 Å². The molecule has 4 rings (SSSR count). The van der Waals surface area contributed by atoms with E-state index in [0.29, 0.717) is 16.8 Å². The fourth-order valence-corrected chi connectivity index (χ4v) is 2.63. The van der Waals surface area contributed by atoms with Gasteiger partial charge in [-0.2, -0.15) is 0 Å². The Bertz CT molecular complexity index is 930. The first-order chi connectivity index (χ1) is 10.2. The van der Waals surface area contributed by atoms with Crippen LogP contribution in [0.5, 0.6) is 0 Å². The Kier molecular flexibility index (Phi) is 2.41. The Morgan fingerprint density at radius 1 is 1.00 bits per heavy atom. The van der Waals surface area contributed by atoms with Crippen LogP contribution in [0.15, 0.2) is 57.7 Å². The predicted molar refractivity (Wildman–Crippen MR) is 77.2 cm³/mol. The zero-order valence-electron chi connectivity index (χ0n) is 10.9. The molecule has 1 atom stereocenters. The SMILES string of the molecule is O=C1Nc2ccccc2C1c1nc2ccccc2oc1=O. The molecule has 2 heterocycles. The summed E-state index contributed by atoms with van der Waals surface area (Å²) in [6.45, 7) is 0. The van der Waals surface area contributed by atoms with Gasteiger partial charge in [0.05, 0.1) is 0 Å². The molecule has 0 radical (unpaired) electrons. The second kappa shape index (κ2) is 4.28. The lowest BCUT2D eigenvalue weighted by Crippen LogP contribution is -2.22. The zero-order chi connectivity index (χ0) is 14.4. The third-order valence-corrected chi connectivity index (χ3v) is 3.58. The minimum atomic E-state index is -0.720. The highest BCUT2D eigenvalue weighted by molar-refractivity contribution is 6.04. The van der Waals surface area contributed by atoms with E-state index in [9.17, 15) is 9.59 Å². The number of hydrogen-bond acceptors (Lipinski definition) is 4. The lowest BCUT2D eigenvalue weighted by atomic mass is 9.97. The number of carbonyl (C=O) groups excluding carboxylic acids is 1. The number of anilines is 1.